The first kappa shape index (κ1) is 27.7. The summed E-state index contributed by atoms with van der Waals surface area (Å²) < 4.78 is 22.1. The van der Waals surface area contributed by atoms with Crippen molar-refractivity contribution in [2.45, 2.75) is 57.9 Å². The molecule has 3 rings (SSSR count). The zero-order valence-corrected chi connectivity index (χ0v) is 22.5. The van der Waals surface area contributed by atoms with Crippen molar-refractivity contribution in [3.63, 3.8) is 0 Å². The van der Waals surface area contributed by atoms with Gasteiger partial charge in [0.25, 0.3) is 0 Å². The van der Waals surface area contributed by atoms with Gasteiger partial charge in [-0.25, -0.2) is 0 Å². The SMILES string of the molecule is CCCCCCCNC(=O)CN1CCc2cc(OC)c(OC)cc2C1Cc1ccc(OC)c(OC)c1. The third kappa shape index (κ3) is 7.06. The molecule has 2 aromatic rings. The topological polar surface area (TPSA) is 69.3 Å². The number of fused-ring (bicyclic) bond motifs is 1. The van der Waals surface area contributed by atoms with Crippen LogP contribution in [-0.2, 0) is 17.6 Å². The molecule has 0 spiro atoms. The van der Waals surface area contributed by atoms with E-state index in [1.807, 2.05) is 12.1 Å². The molecule has 1 aliphatic heterocycles. The molecular weight excluding hydrogens is 456 g/mol. The number of carbonyl (C=O) groups is 1. The van der Waals surface area contributed by atoms with Crippen LogP contribution in [0.15, 0.2) is 30.3 Å². The highest BCUT2D eigenvalue weighted by Gasteiger charge is 2.30. The smallest absolute Gasteiger partial charge is 0.234 e. The third-order valence-electron chi connectivity index (χ3n) is 6.94. The number of amides is 1. The van der Waals surface area contributed by atoms with E-state index in [0.29, 0.717) is 23.8 Å². The minimum Gasteiger partial charge on any atom is -0.493 e. The van der Waals surface area contributed by atoms with E-state index < -0.39 is 0 Å². The Bertz CT molecular complexity index is 994. The van der Waals surface area contributed by atoms with E-state index in [9.17, 15) is 4.79 Å². The first-order valence-electron chi connectivity index (χ1n) is 13.0. The van der Waals surface area contributed by atoms with Crippen LogP contribution < -0.4 is 24.3 Å². The van der Waals surface area contributed by atoms with E-state index >= 15 is 0 Å². The number of carbonyl (C=O) groups excluding carboxylic acids is 1. The highest BCUT2D eigenvalue weighted by molar-refractivity contribution is 5.78. The van der Waals surface area contributed by atoms with Crippen molar-refractivity contribution in [2.24, 2.45) is 0 Å². The summed E-state index contributed by atoms with van der Waals surface area (Å²) in [6.45, 7) is 4.10. The average Bonchev–Trinajstić information content (AvgIpc) is 2.90. The maximum absolute atomic E-state index is 12.9. The van der Waals surface area contributed by atoms with Gasteiger partial charge in [0.2, 0.25) is 5.91 Å². The molecule has 1 N–H and O–H groups in total. The Morgan fingerprint density at radius 3 is 2.25 bits per heavy atom. The van der Waals surface area contributed by atoms with Crippen LogP contribution in [0.4, 0.5) is 0 Å². The molecule has 0 radical (unpaired) electrons. The molecule has 0 fully saturated rings. The van der Waals surface area contributed by atoms with Crippen LogP contribution in [-0.4, -0.2) is 58.9 Å². The summed E-state index contributed by atoms with van der Waals surface area (Å²) >= 11 is 0. The predicted octanol–water partition coefficient (Wildman–Crippen LogP) is 4.95. The summed E-state index contributed by atoms with van der Waals surface area (Å²) in [6.07, 6.45) is 7.48. The van der Waals surface area contributed by atoms with Gasteiger partial charge in [-0.15, -0.1) is 0 Å². The van der Waals surface area contributed by atoms with Crippen LogP contribution in [0.5, 0.6) is 23.0 Å². The largest absolute Gasteiger partial charge is 0.493 e. The standard InChI is InChI=1S/C29H42N2O5/c1-6-7-8-9-10-14-30-29(32)20-31-15-13-22-18-27(35-4)28(36-5)19-23(22)24(31)16-21-11-12-25(33-2)26(17-21)34-3/h11-12,17-19,24H,6-10,13-16,20H2,1-5H3,(H,30,32). The molecular formula is C29H42N2O5. The van der Waals surface area contributed by atoms with Gasteiger partial charge in [-0.1, -0.05) is 38.7 Å². The number of nitrogens with one attached hydrogen (secondary N) is 1. The Balaban J connectivity index is 1.81. The van der Waals surface area contributed by atoms with Gasteiger partial charge in [0.05, 0.1) is 35.0 Å². The summed E-state index contributed by atoms with van der Waals surface area (Å²) in [6, 6.07) is 10.2. The van der Waals surface area contributed by atoms with Crippen molar-refractivity contribution in [2.75, 3.05) is 48.1 Å². The Kier molecular flexibility index (Phi) is 10.7. The lowest BCUT2D eigenvalue weighted by Crippen LogP contribution is -2.43. The zero-order chi connectivity index (χ0) is 25.9. The van der Waals surface area contributed by atoms with Gasteiger partial charge in [-0.3, -0.25) is 9.69 Å². The van der Waals surface area contributed by atoms with Crippen molar-refractivity contribution in [1.29, 1.82) is 0 Å². The molecule has 0 saturated carbocycles. The van der Waals surface area contributed by atoms with Crippen molar-refractivity contribution < 1.29 is 23.7 Å². The fraction of sp³-hybridized carbons (Fsp3) is 0.552. The maximum Gasteiger partial charge on any atom is 0.234 e. The van der Waals surface area contributed by atoms with Crippen LogP contribution in [0.2, 0.25) is 0 Å². The number of unbranched alkanes of at least 4 members (excludes halogenated alkanes) is 4. The number of methoxy groups -OCH3 is 4. The lowest BCUT2D eigenvalue weighted by Gasteiger charge is -2.37. The monoisotopic (exact) mass is 498 g/mol. The number of rotatable bonds is 14. The second kappa shape index (κ2) is 14.0. The van der Waals surface area contributed by atoms with Crippen LogP contribution in [0, 0.1) is 0 Å². The van der Waals surface area contributed by atoms with Crippen LogP contribution in [0.3, 0.4) is 0 Å². The maximum atomic E-state index is 12.9. The van der Waals surface area contributed by atoms with Crippen LogP contribution in [0.25, 0.3) is 0 Å². The lowest BCUT2D eigenvalue weighted by molar-refractivity contribution is -0.123. The van der Waals surface area contributed by atoms with E-state index in [2.05, 4.69) is 35.3 Å². The number of hydrogen-bond donors (Lipinski definition) is 1. The van der Waals surface area contributed by atoms with Crippen LogP contribution in [0.1, 0.15) is 61.8 Å². The van der Waals surface area contributed by atoms with Crippen molar-refractivity contribution in [3.8, 4) is 23.0 Å². The Morgan fingerprint density at radius 2 is 1.56 bits per heavy atom. The first-order chi connectivity index (χ1) is 17.5. The van der Waals surface area contributed by atoms with Gasteiger partial charge >= 0.3 is 0 Å². The Labute approximate surface area is 216 Å². The molecule has 36 heavy (non-hydrogen) atoms. The quantitative estimate of drug-likeness (QED) is 0.372. The van der Waals surface area contributed by atoms with Gasteiger partial charge < -0.3 is 24.3 Å². The fourth-order valence-corrected chi connectivity index (χ4v) is 4.94. The molecule has 2 aromatic carbocycles. The average molecular weight is 499 g/mol. The first-order valence-corrected chi connectivity index (χ1v) is 13.0. The van der Waals surface area contributed by atoms with Gasteiger partial charge in [-0.2, -0.15) is 0 Å². The number of hydrogen-bond acceptors (Lipinski definition) is 6. The minimum absolute atomic E-state index is 0.0157. The second-order valence-corrected chi connectivity index (χ2v) is 9.30. The molecule has 0 aliphatic carbocycles. The summed E-state index contributed by atoms with van der Waals surface area (Å²) in [4.78, 5) is 15.2. The molecule has 1 atom stereocenters. The summed E-state index contributed by atoms with van der Waals surface area (Å²) in [5, 5.41) is 3.13. The molecule has 0 saturated heterocycles. The van der Waals surface area contributed by atoms with Gasteiger partial charge in [0.15, 0.2) is 23.0 Å². The van der Waals surface area contributed by atoms with E-state index in [0.717, 1.165) is 50.1 Å². The number of ether oxygens (including phenoxy) is 4. The summed E-state index contributed by atoms with van der Waals surface area (Å²) in [7, 11) is 6.60. The molecule has 1 heterocycles. The lowest BCUT2D eigenvalue weighted by atomic mass is 9.88. The van der Waals surface area contributed by atoms with Gasteiger partial charge in [0, 0.05) is 19.1 Å². The molecule has 1 aliphatic rings. The molecule has 7 nitrogen and oxygen atoms in total. The molecule has 1 amide bonds. The van der Waals surface area contributed by atoms with Gasteiger partial charge in [-0.05, 0) is 60.2 Å². The Morgan fingerprint density at radius 1 is 0.889 bits per heavy atom. The molecule has 1 unspecified atom stereocenters. The Hall–Kier alpha value is -2.93. The molecule has 198 valence electrons. The molecule has 7 heteroatoms. The molecule has 0 bridgehead atoms. The second-order valence-electron chi connectivity index (χ2n) is 9.30. The van der Waals surface area contributed by atoms with Crippen LogP contribution >= 0.6 is 0 Å². The third-order valence-corrected chi connectivity index (χ3v) is 6.94. The zero-order valence-electron chi connectivity index (χ0n) is 22.5. The van der Waals surface area contributed by atoms with Crippen molar-refractivity contribution in [1.82, 2.24) is 10.2 Å². The summed E-state index contributed by atoms with van der Waals surface area (Å²) in [5.41, 5.74) is 3.51. The van der Waals surface area contributed by atoms with E-state index in [1.54, 1.807) is 28.4 Å². The van der Waals surface area contributed by atoms with Gasteiger partial charge in [0.1, 0.15) is 0 Å². The van der Waals surface area contributed by atoms with Crippen molar-refractivity contribution in [3.05, 3.63) is 47.0 Å². The van der Waals surface area contributed by atoms with E-state index in [4.69, 9.17) is 18.9 Å². The highest BCUT2D eigenvalue weighted by atomic mass is 16.5. The fourth-order valence-electron chi connectivity index (χ4n) is 4.94. The van der Waals surface area contributed by atoms with E-state index in [1.165, 1.54) is 30.4 Å². The minimum atomic E-state index is 0.0157. The number of nitrogens with zero attached hydrogens (tertiary/aromatic N) is 1. The number of benzene rings is 2. The predicted molar refractivity (Wildman–Crippen MR) is 143 cm³/mol. The van der Waals surface area contributed by atoms with E-state index in [-0.39, 0.29) is 11.9 Å². The molecule has 0 aromatic heterocycles. The van der Waals surface area contributed by atoms with Crippen molar-refractivity contribution >= 4 is 5.91 Å². The highest BCUT2D eigenvalue weighted by Crippen LogP contribution is 2.40. The normalized spacial score (nSPS) is 15.2. The summed E-state index contributed by atoms with van der Waals surface area (Å²) in [5.74, 6) is 2.91.